The highest BCUT2D eigenvalue weighted by Crippen LogP contribution is 2.36. The van der Waals surface area contributed by atoms with Crippen LogP contribution in [0.2, 0.25) is 0 Å². The highest BCUT2D eigenvalue weighted by molar-refractivity contribution is 5.81. The van der Waals surface area contributed by atoms with Gasteiger partial charge >= 0.3 is 0 Å². The van der Waals surface area contributed by atoms with Crippen molar-refractivity contribution in [2.24, 2.45) is 11.8 Å². The first-order valence-electron chi connectivity index (χ1n) is 9.22. The molecular weight excluding hydrogens is 302 g/mol. The van der Waals surface area contributed by atoms with Crippen molar-refractivity contribution in [2.45, 2.75) is 44.4 Å². The van der Waals surface area contributed by atoms with Gasteiger partial charge in [-0.25, -0.2) is 0 Å². The van der Waals surface area contributed by atoms with Crippen LogP contribution in [0.25, 0.3) is 0 Å². The van der Waals surface area contributed by atoms with E-state index in [1.165, 1.54) is 32.4 Å². The third-order valence-corrected chi connectivity index (χ3v) is 5.63. The van der Waals surface area contributed by atoms with Gasteiger partial charge in [0.1, 0.15) is 6.10 Å². The zero-order valence-corrected chi connectivity index (χ0v) is 14.4. The SMILES string of the molecule is CN(Cc1ccccn1)C(=O)[C@@H]1C[C@@H]2CCN(CC3CC3)C[C@H]2O1. The molecule has 5 heteroatoms. The number of hydrogen-bond acceptors (Lipinski definition) is 4. The summed E-state index contributed by atoms with van der Waals surface area (Å²) in [7, 11) is 1.85. The van der Waals surface area contributed by atoms with Crippen LogP contribution in [0, 0.1) is 11.8 Å². The molecule has 130 valence electrons. The summed E-state index contributed by atoms with van der Waals surface area (Å²) >= 11 is 0. The number of amides is 1. The Balaban J connectivity index is 1.31. The molecule has 1 amide bonds. The number of ether oxygens (including phenoxy) is 1. The van der Waals surface area contributed by atoms with Gasteiger partial charge < -0.3 is 14.5 Å². The molecule has 0 radical (unpaired) electrons. The second-order valence-electron chi connectivity index (χ2n) is 7.67. The normalized spacial score (nSPS) is 30.1. The summed E-state index contributed by atoms with van der Waals surface area (Å²) < 4.78 is 6.16. The number of rotatable bonds is 5. The quantitative estimate of drug-likeness (QED) is 0.828. The maximum atomic E-state index is 12.7. The lowest BCUT2D eigenvalue weighted by atomic mass is 9.91. The predicted molar refractivity (Wildman–Crippen MR) is 91.3 cm³/mol. The fourth-order valence-electron chi connectivity index (χ4n) is 4.04. The smallest absolute Gasteiger partial charge is 0.251 e. The van der Waals surface area contributed by atoms with Crippen molar-refractivity contribution in [3.63, 3.8) is 0 Å². The Kier molecular flexibility index (Phi) is 4.55. The Morgan fingerprint density at radius 3 is 3.00 bits per heavy atom. The van der Waals surface area contributed by atoms with Gasteiger partial charge in [0, 0.05) is 26.3 Å². The number of piperidine rings is 1. The summed E-state index contributed by atoms with van der Waals surface area (Å²) in [4.78, 5) is 21.3. The Hall–Kier alpha value is -1.46. The van der Waals surface area contributed by atoms with Crippen LogP contribution < -0.4 is 0 Å². The molecule has 0 spiro atoms. The molecule has 0 bridgehead atoms. The van der Waals surface area contributed by atoms with Crippen molar-refractivity contribution in [2.75, 3.05) is 26.7 Å². The van der Waals surface area contributed by atoms with Gasteiger partial charge in [0.15, 0.2) is 0 Å². The average molecular weight is 329 g/mol. The zero-order valence-electron chi connectivity index (χ0n) is 14.4. The van der Waals surface area contributed by atoms with Gasteiger partial charge in [-0.05, 0) is 56.2 Å². The van der Waals surface area contributed by atoms with Crippen LogP contribution in [0.5, 0.6) is 0 Å². The molecule has 3 heterocycles. The molecule has 1 aromatic rings. The summed E-state index contributed by atoms with van der Waals surface area (Å²) in [6, 6.07) is 5.80. The number of likely N-dealkylation sites (N-methyl/N-ethyl adjacent to an activating group) is 1. The van der Waals surface area contributed by atoms with Gasteiger partial charge in [-0.3, -0.25) is 9.78 Å². The number of likely N-dealkylation sites (tertiary alicyclic amines) is 1. The molecule has 2 saturated heterocycles. The van der Waals surface area contributed by atoms with Crippen molar-refractivity contribution in [1.29, 1.82) is 0 Å². The van der Waals surface area contributed by atoms with Crippen LogP contribution in [-0.4, -0.2) is 59.6 Å². The van der Waals surface area contributed by atoms with E-state index in [2.05, 4.69) is 9.88 Å². The van der Waals surface area contributed by atoms with Gasteiger partial charge in [0.2, 0.25) is 0 Å². The van der Waals surface area contributed by atoms with E-state index in [1.54, 1.807) is 11.1 Å². The monoisotopic (exact) mass is 329 g/mol. The molecule has 1 saturated carbocycles. The standard InChI is InChI=1S/C19H27N3O2/c1-21(12-16-4-2-3-8-20-16)19(23)17-10-15-7-9-22(11-14-5-6-14)13-18(15)24-17/h2-4,8,14-15,17-18H,5-7,9-13H2,1H3/t15-,17-,18+/m0/s1. The van der Waals surface area contributed by atoms with E-state index in [4.69, 9.17) is 4.74 Å². The molecule has 3 atom stereocenters. The Bertz CT molecular complexity index is 575. The van der Waals surface area contributed by atoms with Crippen molar-refractivity contribution in [3.05, 3.63) is 30.1 Å². The first-order chi connectivity index (χ1) is 11.7. The second kappa shape index (κ2) is 6.81. The first-order valence-corrected chi connectivity index (χ1v) is 9.22. The molecule has 3 aliphatic rings. The fraction of sp³-hybridized carbons (Fsp3) is 0.684. The van der Waals surface area contributed by atoms with Gasteiger partial charge in [-0.15, -0.1) is 0 Å². The molecule has 1 aromatic heterocycles. The lowest BCUT2D eigenvalue weighted by molar-refractivity contribution is -0.142. The number of carbonyl (C=O) groups is 1. The topological polar surface area (TPSA) is 45.7 Å². The maximum Gasteiger partial charge on any atom is 0.251 e. The number of nitrogens with zero attached hydrogens (tertiary/aromatic N) is 3. The van der Waals surface area contributed by atoms with E-state index in [0.717, 1.165) is 24.6 Å². The van der Waals surface area contributed by atoms with E-state index in [0.29, 0.717) is 12.5 Å². The lowest BCUT2D eigenvalue weighted by Crippen LogP contribution is -2.43. The lowest BCUT2D eigenvalue weighted by Gasteiger charge is -2.34. The minimum atomic E-state index is -0.269. The predicted octanol–water partition coefficient (Wildman–Crippen LogP) is 1.93. The number of aromatic nitrogens is 1. The maximum absolute atomic E-state index is 12.7. The Morgan fingerprint density at radius 2 is 2.25 bits per heavy atom. The van der Waals surface area contributed by atoms with Gasteiger partial charge in [-0.1, -0.05) is 6.07 Å². The minimum absolute atomic E-state index is 0.101. The van der Waals surface area contributed by atoms with Gasteiger partial charge in [0.25, 0.3) is 5.91 Å². The van der Waals surface area contributed by atoms with Crippen LogP contribution in [0.4, 0.5) is 0 Å². The van der Waals surface area contributed by atoms with Crippen LogP contribution in [-0.2, 0) is 16.1 Å². The summed E-state index contributed by atoms with van der Waals surface area (Å²) in [6.07, 6.45) is 6.58. The summed E-state index contributed by atoms with van der Waals surface area (Å²) in [5.41, 5.74) is 0.916. The molecule has 0 aromatic carbocycles. The van der Waals surface area contributed by atoms with Gasteiger partial charge in [0.05, 0.1) is 18.3 Å². The third kappa shape index (κ3) is 3.62. The zero-order chi connectivity index (χ0) is 16.5. The summed E-state index contributed by atoms with van der Waals surface area (Å²) in [5, 5.41) is 0. The molecule has 0 N–H and O–H groups in total. The number of fused-ring (bicyclic) bond motifs is 1. The highest BCUT2D eigenvalue weighted by Gasteiger charge is 2.43. The van der Waals surface area contributed by atoms with Crippen molar-refractivity contribution >= 4 is 5.91 Å². The van der Waals surface area contributed by atoms with Gasteiger partial charge in [-0.2, -0.15) is 0 Å². The van der Waals surface area contributed by atoms with Crippen LogP contribution in [0.15, 0.2) is 24.4 Å². The molecule has 4 rings (SSSR count). The van der Waals surface area contributed by atoms with Crippen molar-refractivity contribution in [3.8, 4) is 0 Å². The number of pyridine rings is 1. The summed E-state index contributed by atoms with van der Waals surface area (Å²) in [6.45, 7) is 3.95. The van der Waals surface area contributed by atoms with E-state index in [-0.39, 0.29) is 18.1 Å². The summed E-state index contributed by atoms with van der Waals surface area (Å²) in [5.74, 6) is 1.58. The fourth-order valence-corrected chi connectivity index (χ4v) is 4.04. The largest absolute Gasteiger partial charge is 0.364 e. The van der Waals surface area contributed by atoms with E-state index >= 15 is 0 Å². The van der Waals surface area contributed by atoms with E-state index < -0.39 is 0 Å². The number of carbonyl (C=O) groups excluding carboxylic acids is 1. The second-order valence-corrected chi connectivity index (χ2v) is 7.67. The highest BCUT2D eigenvalue weighted by atomic mass is 16.5. The molecular formula is C19H27N3O2. The molecule has 5 nitrogen and oxygen atoms in total. The van der Waals surface area contributed by atoms with Crippen LogP contribution >= 0.6 is 0 Å². The average Bonchev–Trinajstić information content (AvgIpc) is 3.30. The van der Waals surface area contributed by atoms with Crippen molar-refractivity contribution < 1.29 is 9.53 Å². The molecule has 1 aliphatic carbocycles. The first kappa shape index (κ1) is 16.0. The Labute approximate surface area is 144 Å². The molecule has 0 unspecified atom stereocenters. The van der Waals surface area contributed by atoms with E-state index in [9.17, 15) is 4.79 Å². The third-order valence-electron chi connectivity index (χ3n) is 5.63. The van der Waals surface area contributed by atoms with Crippen molar-refractivity contribution in [1.82, 2.24) is 14.8 Å². The molecule has 2 aliphatic heterocycles. The van der Waals surface area contributed by atoms with Crippen LogP contribution in [0.1, 0.15) is 31.4 Å². The molecule has 24 heavy (non-hydrogen) atoms. The van der Waals surface area contributed by atoms with Crippen LogP contribution in [0.3, 0.4) is 0 Å². The minimum Gasteiger partial charge on any atom is -0.364 e. The van der Waals surface area contributed by atoms with E-state index in [1.807, 2.05) is 25.2 Å². The molecule has 3 fully saturated rings. The Morgan fingerprint density at radius 1 is 1.38 bits per heavy atom. The number of hydrogen-bond donors (Lipinski definition) is 0.